The fourth-order valence-electron chi connectivity index (χ4n) is 4.22. The number of ether oxygens (including phenoxy) is 1. The molecule has 4 aromatic carbocycles. The minimum atomic E-state index is -0.362. The number of esters is 1. The number of carbonyl (C=O) groups excluding carboxylic acids is 3. The molecule has 0 radical (unpaired) electrons. The molecule has 0 atom stereocenters. The van der Waals surface area contributed by atoms with Gasteiger partial charge < -0.3 is 4.74 Å². The van der Waals surface area contributed by atoms with Gasteiger partial charge in [0.25, 0.3) is 0 Å². The van der Waals surface area contributed by atoms with E-state index in [4.69, 9.17) is 4.74 Å². The lowest BCUT2D eigenvalue weighted by molar-refractivity contribution is -0.140. The molecule has 0 unspecified atom stereocenters. The predicted octanol–water partition coefficient (Wildman–Crippen LogP) is 4.42. The second kappa shape index (κ2) is 6.85. The van der Waals surface area contributed by atoms with Gasteiger partial charge in [-0.15, -0.1) is 0 Å². The third-order valence-corrected chi connectivity index (χ3v) is 5.63. The normalized spacial score (nSPS) is 14.6. The van der Waals surface area contributed by atoms with E-state index in [9.17, 15) is 14.4 Å². The number of carbonyl (C=O) groups is 3. The lowest BCUT2D eigenvalue weighted by atomic mass is 9.94. The quantitative estimate of drug-likeness (QED) is 0.221. The molecule has 1 aliphatic heterocycles. The van der Waals surface area contributed by atoms with Crippen molar-refractivity contribution in [2.24, 2.45) is 0 Å². The zero-order valence-corrected chi connectivity index (χ0v) is 15.8. The largest absolute Gasteiger partial charge is 0.426 e. The summed E-state index contributed by atoms with van der Waals surface area (Å²) >= 11 is 0. The summed E-state index contributed by atoms with van der Waals surface area (Å²) in [5.41, 5.74) is 0. The van der Waals surface area contributed by atoms with Gasteiger partial charge in [-0.1, -0.05) is 42.5 Å². The van der Waals surface area contributed by atoms with E-state index in [0.29, 0.717) is 12.2 Å². The van der Waals surface area contributed by atoms with Crippen molar-refractivity contribution >= 4 is 50.1 Å². The van der Waals surface area contributed by atoms with Crippen LogP contribution in [-0.2, 0) is 14.4 Å². The Kier molecular flexibility index (Phi) is 4.16. The minimum Gasteiger partial charge on any atom is -0.426 e. The molecular weight excluding hydrogens is 366 g/mol. The van der Waals surface area contributed by atoms with Crippen LogP contribution >= 0.6 is 0 Å². The van der Waals surface area contributed by atoms with Crippen molar-refractivity contribution in [3.05, 3.63) is 54.6 Å². The Morgan fingerprint density at radius 2 is 1.45 bits per heavy atom. The Labute approximate surface area is 167 Å². The van der Waals surface area contributed by atoms with Gasteiger partial charge in [-0.05, 0) is 40.1 Å². The van der Waals surface area contributed by atoms with Gasteiger partial charge in [0, 0.05) is 36.6 Å². The van der Waals surface area contributed by atoms with Gasteiger partial charge in [0.2, 0.25) is 11.8 Å². The monoisotopic (exact) mass is 385 g/mol. The third-order valence-electron chi connectivity index (χ3n) is 5.63. The molecule has 0 aliphatic carbocycles. The van der Waals surface area contributed by atoms with Gasteiger partial charge in [0.1, 0.15) is 5.75 Å². The molecule has 5 rings (SSSR count). The van der Waals surface area contributed by atoms with E-state index in [0.717, 1.165) is 26.9 Å². The van der Waals surface area contributed by atoms with E-state index in [2.05, 4.69) is 24.3 Å². The van der Waals surface area contributed by atoms with E-state index in [1.54, 1.807) is 0 Å². The number of nitrogens with zero attached hydrogens (tertiary/aromatic N) is 1. The molecule has 0 saturated carbocycles. The van der Waals surface area contributed by atoms with Gasteiger partial charge in [-0.3, -0.25) is 19.3 Å². The summed E-state index contributed by atoms with van der Waals surface area (Å²) < 4.78 is 5.66. The van der Waals surface area contributed by atoms with Crippen LogP contribution in [-0.4, -0.2) is 29.2 Å². The molecule has 1 fully saturated rings. The number of rotatable bonds is 5. The van der Waals surface area contributed by atoms with E-state index >= 15 is 0 Å². The molecule has 29 heavy (non-hydrogen) atoms. The summed E-state index contributed by atoms with van der Waals surface area (Å²) in [6.07, 6.45) is 1.10. The first-order valence-electron chi connectivity index (χ1n) is 9.82. The molecule has 1 aliphatic rings. The fourth-order valence-corrected chi connectivity index (χ4v) is 4.22. The van der Waals surface area contributed by atoms with Crippen LogP contribution in [0.3, 0.4) is 0 Å². The highest BCUT2D eigenvalue weighted by atomic mass is 16.5. The maximum Gasteiger partial charge on any atom is 0.311 e. The molecule has 4 aromatic rings. The summed E-state index contributed by atoms with van der Waals surface area (Å²) in [6.45, 7) is 0.269. The summed E-state index contributed by atoms with van der Waals surface area (Å²) in [5.74, 6) is -0.140. The Hall–Kier alpha value is -3.47. The fraction of sp³-hybridized carbons (Fsp3) is 0.208. The van der Waals surface area contributed by atoms with Crippen LogP contribution < -0.4 is 4.74 Å². The molecule has 0 N–H and O–H groups in total. The van der Waals surface area contributed by atoms with Gasteiger partial charge in [-0.2, -0.15) is 0 Å². The van der Waals surface area contributed by atoms with Crippen LogP contribution in [0.5, 0.6) is 5.75 Å². The van der Waals surface area contributed by atoms with Crippen LogP contribution in [0.1, 0.15) is 25.7 Å². The lowest BCUT2D eigenvalue weighted by Gasteiger charge is -2.15. The molecule has 0 aromatic heterocycles. The van der Waals surface area contributed by atoms with Crippen LogP contribution in [0, 0.1) is 0 Å². The average Bonchev–Trinajstić information content (AvgIpc) is 3.05. The van der Waals surface area contributed by atoms with E-state index in [1.165, 1.54) is 10.3 Å². The minimum absolute atomic E-state index is 0.152. The molecule has 1 heterocycles. The third kappa shape index (κ3) is 2.99. The second-order valence-electron chi connectivity index (χ2n) is 7.44. The number of hydrogen-bond donors (Lipinski definition) is 0. The first kappa shape index (κ1) is 17.6. The first-order chi connectivity index (χ1) is 14.1. The van der Waals surface area contributed by atoms with E-state index < -0.39 is 0 Å². The van der Waals surface area contributed by atoms with Gasteiger partial charge in [0.15, 0.2) is 0 Å². The maximum absolute atomic E-state index is 12.4. The molecule has 0 bridgehead atoms. The standard InChI is InChI=1S/C24H19NO4/c26-20-12-13-21(27)25(20)14-2-5-22(28)29-19-11-9-17-7-6-15-3-1-4-16-8-10-18(19)24(17)23(15)16/h1,3-4,6-11H,2,5,12-14H2. The summed E-state index contributed by atoms with van der Waals surface area (Å²) in [4.78, 5) is 36.9. The molecular formula is C24H19NO4. The first-order valence-corrected chi connectivity index (χ1v) is 9.82. The van der Waals surface area contributed by atoms with Crippen LogP contribution in [0.2, 0.25) is 0 Å². The van der Waals surface area contributed by atoms with Crippen molar-refractivity contribution in [1.29, 1.82) is 0 Å². The zero-order valence-electron chi connectivity index (χ0n) is 15.8. The number of likely N-dealkylation sites (tertiary alicyclic amines) is 1. The Bertz CT molecular complexity index is 1240. The Balaban J connectivity index is 1.38. The average molecular weight is 385 g/mol. The number of hydrogen-bond acceptors (Lipinski definition) is 4. The number of amides is 2. The van der Waals surface area contributed by atoms with Crippen molar-refractivity contribution in [3.63, 3.8) is 0 Å². The highest BCUT2D eigenvalue weighted by molar-refractivity contribution is 6.24. The van der Waals surface area contributed by atoms with Gasteiger partial charge in [0.05, 0.1) is 0 Å². The van der Waals surface area contributed by atoms with Crippen molar-refractivity contribution < 1.29 is 19.1 Å². The molecule has 144 valence electrons. The Morgan fingerprint density at radius 3 is 2.17 bits per heavy atom. The molecule has 0 spiro atoms. The summed E-state index contributed by atoms with van der Waals surface area (Å²) in [6, 6.07) is 18.2. The molecule has 5 heteroatoms. The zero-order chi connectivity index (χ0) is 20.0. The van der Waals surface area contributed by atoms with Crippen molar-refractivity contribution in [3.8, 4) is 5.75 Å². The Morgan fingerprint density at radius 1 is 0.828 bits per heavy atom. The summed E-state index contributed by atoms with van der Waals surface area (Å²) in [7, 11) is 0. The lowest BCUT2D eigenvalue weighted by Crippen LogP contribution is -2.30. The maximum atomic E-state index is 12.4. The predicted molar refractivity (Wildman–Crippen MR) is 111 cm³/mol. The smallest absolute Gasteiger partial charge is 0.311 e. The van der Waals surface area contributed by atoms with E-state index in [1.807, 2.05) is 30.3 Å². The van der Waals surface area contributed by atoms with Crippen LogP contribution in [0.25, 0.3) is 32.3 Å². The van der Waals surface area contributed by atoms with Crippen molar-refractivity contribution in [2.45, 2.75) is 25.7 Å². The highest BCUT2D eigenvalue weighted by Gasteiger charge is 2.28. The SMILES string of the molecule is O=C(CCCN1C(=O)CCC1=O)Oc1ccc2ccc3cccc4ccc1c2c34. The molecule has 2 amide bonds. The van der Waals surface area contributed by atoms with Crippen LogP contribution in [0.15, 0.2) is 54.6 Å². The molecule has 1 saturated heterocycles. The van der Waals surface area contributed by atoms with Crippen molar-refractivity contribution in [1.82, 2.24) is 4.90 Å². The second-order valence-corrected chi connectivity index (χ2v) is 7.44. The summed E-state index contributed by atoms with van der Waals surface area (Å²) in [5, 5.41) is 6.60. The topological polar surface area (TPSA) is 63.7 Å². The molecule has 5 nitrogen and oxygen atoms in total. The number of benzene rings is 4. The number of imide groups is 1. The van der Waals surface area contributed by atoms with Crippen LogP contribution in [0.4, 0.5) is 0 Å². The van der Waals surface area contributed by atoms with Crippen molar-refractivity contribution in [2.75, 3.05) is 6.54 Å². The highest BCUT2D eigenvalue weighted by Crippen LogP contribution is 2.38. The van der Waals surface area contributed by atoms with E-state index in [-0.39, 0.29) is 43.6 Å². The van der Waals surface area contributed by atoms with Gasteiger partial charge >= 0.3 is 5.97 Å². The van der Waals surface area contributed by atoms with Gasteiger partial charge in [-0.25, -0.2) is 0 Å².